The zero-order valence-corrected chi connectivity index (χ0v) is 6.39. The molecule has 0 unspecified atom stereocenters. The summed E-state index contributed by atoms with van der Waals surface area (Å²) in [4.78, 5) is 0. The molecule has 0 saturated carbocycles. The third-order valence-corrected chi connectivity index (χ3v) is 1.66. The van der Waals surface area contributed by atoms with Gasteiger partial charge in [0.1, 0.15) is 6.07 Å². The zero-order chi connectivity index (χ0) is 8.55. The smallest absolute Gasteiger partial charge is 0.181 e. The molecule has 2 rings (SSSR count). The van der Waals surface area contributed by atoms with Gasteiger partial charge in [0.15, 0.2) is 5.65 Å². The van der Waals surface area contributed by atoms with Crippen LogP contribution in [-0.4, -0.2) is 20.0 Å². The molecule has 0 radical (unpaired) electrons. The molecule has 2 aromatic rings. The van der Waals surface area contributed by atoms with Crippen molar-refractivity contribution in [3.05, 3.63) is 18.0 Å². The number of aromatic nitrogens is 4. The Morgan fingerprint density at radius 2 is 2.33 bits per heavy atom. The van der Waals surface area contributed by atoms with E-state index >= 15 is 0 Å². The second kappa shape index (κ2) is 2.27. The highest BCUT2D eigenvalue weighted by Crippen LogP contribution is 2.12. The summed E-state index contributed by atoms with van der Waals surface area (Å²) >= 11 is 0. The molecule has 2 heterocycles. The summed E-state index contributed by atoms with van der Waals surface area (Å²) in [5, 5.41) is 20.9. The molecule has 0 atom stereocenters. The maximum Gasteiger partial charge on any atom is 0.181 e. The Labute approximate surface area is 68.3 Å². The Bertz CT molecular complexity index is 464. The van der Waals surface area contributed by atoms with E-state index < -0.39 is 0 Å². The molecular formula is C7H5N5. The van der Waals surface area contributed by atoms with Gasteiger partial charge < -0.3 is 0 Å². The fourth-order valence-electron chi connectivity index (χ4n) is 1.04. The minimum Gasteiger partial charge on any atom is -0.249 e. The molecule has 5 heteroatoms. The first kappa shape index (κ1) is 6.73. The van der Waals surface area contributed by atoms with E-state index in [9.17, 15) is 0 Å². The van der Waals surface area contributed by atoms with Crippen molar-refractivity contribution in [1.82, 2.24) is 20.0 Å². The Hall–Kier alpha value is -1.96. The summed E-state index contributed by atoms with van der Waals surface area (Å²) in [6, 6.07) is 2.03. The van der Waals surface area contributed by atoms with Crippen LogP contribution in [0.5, 0.6) is 0 Å². The van der Waals surface area contributed by atoms with Gasteiger partial charge in [-0.2, -0.15) is 15.5 Å². The summed E-state index contributed by atoms with van der Waals surface area (Å²) in [6.07, 6.45) is 3.05. The fourth-order valence-corrected chi connectivity index (χ4v) is 1.04. The third-order valence-electron chi connectivity index (χ3n) is 1.66. The van der Waals surface area contributed by atoms with Crippen LogP contribution >= 0.6 is 0 Å². The number of aryl methyl sites for hydroxylation is 1. The highest BCUT2D eigenvalue weighted by Gasteiger charge is 2.05. The standard InChI is InChI=1S/C7H5N5/c1-12-7-6(4-10-12)5(2-8)3-9-11-7/h3-4H,1H3. The predicted octanol–water partition coefficient (Wildman–Crippen LogP) is 0.235. The quantitative estimate of drug-likeness (QED) is 0.552. The normalized spacial score (nSPS) is 10.0. The minimum atomic E-state index is 0.508. The SMILES string of the molecule is Cn1ncc2c(C#N)cnnc21. The van der Waals surface area contributed by atoms with E-state index in [0.717, 1.165) is 5.39 Å². The van der Waals surface area contributed by atoms with Crippen molar-refractivity contribution in [1.29, 1.82) is 5.26 Å². The molecule has 0 saturated heterocycles. The van der Waals surface area contributed by atoms with Gasteiger partial charge in [-0.15, -0.1) is 5.10 Å². The lowest BCUT2D eigenvalue weighted by atomic mass is 10.2. The van der Waals surface area contributed by atoms with Gasteiger partial charge in [-0.05, 0) is 0 Å². The van der Waals surface area contributed by atoms with Crippen LogP contribution in [0.1, 0.15) is 5.56 Å². The molecule has 0 aliphatic heterocycles. The minimum absolute atomic E-state index is 0.508. The highest BCUT2D eigenvalue weighted by molar-refractivity contribution is 5.80. The molecule has 12 heavy (non-hydrogen) atoms. The largest absolute Gasteiger partial charge is 0.249 e. The molecule has 0 fully saturated rings. The molecule has 0 spiro atoms. The number of rotatable bonds is 0. The monoisotopic (exact) mass is 159 g/mol. The molecule has 0 amide bonds. The average molecular weight is 159 g/mol. The van der Waals surface area contributed by atoms with Crippen molar-refractivity contribution < 1.29 is 0 Å². The molecule has 0 aliphatic carbocycles. The fraction of sp³-hybridized carbons (Fsp3) is 0.143. The first-order valence-electron chi connectivity index (χ1n) is 3.36. The number of hydrogen-bond acceptors (Lipinski definition) is 4. The van der Waals surface area contributed by atoms with Gasteiger partial charge in [0, 0.05) is 7.05 Å². The van der Waals surface area contributed by atoms with Crippen LogP contribution in [0, 0.1) is 11.3 Å². The van der Waals surface area contributed by atoms with Gasteiger partial charge in [0.2, 0.25) is 0 Å². The van der Waals surface area contributed by atoms with Crippen molar-refractivity contribution >= 4 is 11.0 Å². The Kier molecular flexibility index (Phi) is 1.27. The Morgan fingerprint density at radius 3 is 3.08 bits per heavy atom. The van der Waals surface area contributed by atoms with Crippen LogP contribution < -0.4 is 0 Å². The van der Waals surface area contributed by atoms with Gasteiger partial charge in [-0.3, -0.25) is 0 Å². The van der Waals surface area contributed by atoms with E-state index in [1.54, 1.807) is 17.9 Å². The van der Waals surface area contributed by atoms with Gasteiger partial charge in [-0.1, -0.05) is 0 Å². The number of nitrogens with zero attached hydrogens (tertiary/aromatic N) is 5. The first-order chi connectivity index (χ1) is 5.83. The van der Waals surface area contributed by atoms with Crippen LogP contribution in [0.3, 0.4) is 0 Å². The second-order valence-corrected chi connectivity index (χ2v) is 2.38. The maximum atomic E-state index is 8.69. The Morgan fingerprint density at radius 1 is 1.50 bits per heavy atom. The lowest BCUT2D eigenvalue weighted by Gasteiger charge is -1.91. The first-order valence-corrected chi connectivity index (χ1v) is 3.36. The number of hydrogen-bond donors (Lipinski definition) is 0. The van der Waals surface area contributed by atoms with E-state index in [0.29, 0.717) is 11.2 Å². The summed E-state index contributed by atoms with van der Waals surface area (Å²) in [5.41, 5.74) is 1.14. The topological polar surface area (TPSA) is 67.4 Å². The van der Waals surface area contributed by atoms with Crippen LogP contribution in [0.25, 0.3) is 11.0 Å². The van der Waals surface area contributed by atoms with Crippen LogP contribution in [-0.2, 0) is 7.05 Å². The molecular weight excluding hydrogens is 154 g/mol. The summed E-state index contributed by atoms with van der Waals surface area (Å²) < 4.78 is 1.59. The summed E-state index contributed by atoms with van der Waals surface area (Å²) in [7, 11) is 1.76. The molecule has 0 aromatic carbocycles. The van der Waals surface area contributed by atoms with Gasteiger partial charge in [0.25, 0.3) is 0 Å². The summed E-state index contributed by atoms with van der Waals surface area (Å²) in [5.74, 6) is 0. The molecule has 0 aliphatic rings. The van der Waals surface area contributed by atoms with Gasteiger partial charge >= 0.3 is 0 Å². The van der Waals surface area contributed by atoms with Crippen molar-refractivity contribution in [2.45, 2.75) is 0 Å². The summed E-state index contributed by atoms with van der Waals surface area (Å²) in [6.45, 7) is 0. The highest BCUT2D eigenvalue weighted by atomic mass is 15.3. The van der Waals surface area contributed by atoms with E-state index in [1.807, 2.05) is 6.07 Å². The van der Waals surface area contributed by atoms with E-state index in [4.69, 9.17) is 5.26 Å². The van der Waals surface area contributed by atoms with E-state index in [1.165, 1.54) is 6.20 Å². The number of nitriles is 1. The molecule has 0 bridgehead atoms. The molecule has 0 N–H and O–H groups in total. The Balaban J connectivity index is 2.92. The van der Waals surface area contributed by atoms with E-state index in [2.05, 4.69) is 15.3 Å². The van der Waals surface area contributed by atoms with Crippen LogP contribution in [0.2, 0.25) is 0 Å². The van der Waals surface area contributed by atoms with Crippen LogP contribution in [0.4, 0.5) is 0 Å². The lowest BCUT2D eigenvalue weighted by molar-refractivity contribution is 0.777. The molecule has 58 valence electrons. The molecule has 2 aromatic heterocycles. The van der Waals surface area contributed by atoms with Crippen molar-refractivity contribution in [3.63, 3.8) is 0 Å². The molecule has 5 nitrogen and oxygen atoms in total. The van der Waals surface area contributed by atoms with Crippen LogP contribution in [0.15, 0.2) is 12.4 Å². The second-order valence-electron chi connectivity index (χ2n) is 2.38. The van der Waals surface area contributed by atoms with Gasteiger partial charge in [-0.25, -0.2) is 4.68 Å². The van der Waals surface area contributed by atoms with Crippen molar-refractivity contribution in [3.8, 4) is 6.07 Å². The third kappa shape index (κ3) is 0.751. The van der Waals surface area contributed by atoms with Gasteiger partial charge in [0.05, 0.1) is 23.3 Å². The zero-order valence-electron chi connectivity index (χ0n) is 6.39. The lowest BCUT2D eigenvalue weighted by Crippen LogP contribution is -1.93. The van der Waals surface area contributed by atoms with E-state index in [-0.39, 0.29) is 0 Å². The predicted molar refractivity (Wildman–Crippen MR) is 41.0 cm³/mol. The number of fused-ring (bicyclic) bond motifs is 1. The average Bonchev–Trinajstić information content (AvgIpc) is 2.48. The maximum absolute atomic E-state index is 8.69. The van der Waals surface area contributed by atoms with Crippen molar-refractivity contribution in [2.24, 2.45) is 7.05 Å². The van der Waals surface area contributed by atoms with Crippen molar-refractivity contribution in [2.75, 3.05) is 0 Å².